The Morgan fingerprint density at radius 2 is 2.16 bits per heavy atom. The minimum absolute atomic E-state index is 0.0494. The van der Waals surface area contributed by atoms with Gasteiger partial charge in [0.25, 0.3) is 0 Å². The Hall–Kier alpha value is -1.36. The van der Waals surface area contributed by atoms with Gasteiger partial charge in [-0.1, -0.05) is 12.8 Å². The molecule has 0 aromatic carbocycles. The number of aromatic nitrogens is 2. The summed E-state index contributed by atoms with van der Waals surface area (Å²) in [7, 11) is 0. The quantitative estimate of drug-likeness (QED) is 0.751. The summed E-state index contributed by atoms with van der Waals surface area (Å²) < 4.78 is 0. The van der Waals surface area contributed by atoms with Gasteiger partial charge in [0.05, 0.1) is 24.3 Å². The van der Waals surface area contributed by atoms with Crippen molar-refractivity contribution in [2.24, 2.45) is 0 Å². The lowest BCUT2D eigenvalue weighted by atomic mass is 9.85. The van der Waals surface area contributed by atoms with Crippen LogP contribution in [0.2, 0.25) is 0 Å². The van der Waals surface area contributed by atoms with Crippen molar-refractivity contribution in [3.8, 4) is 0 Å². The molecule has 2 aliphatic rings. The fraction of sp³-hybridized carbons (Fsp3) is 0.714. The Bertz CT molecular complexity index is 457. The van der Waals surface area contributed by atoms with E-state index in [0.29, 0.717) is 0 Å². The molecule has 1 amide bonds. The zero-order valence-electron chi connectivity index (χ0n) is 11.1. The van der Waals surface area contributed by atoms with Crippen LogP contribution in [-0.4, -0.2) is 33.4 Å². The third-order valence-electron chi connectivity index (χ3n) is 4.42. The molecule has 0 radical (unpaired) electrons. The molecular weight excluding hydrogens is 242 g/mol. The van der Waals surface area contributed by atoms with Gasteiger partial charge in [0, 0.05) is 11.3 Å². The normalized spacial score (nSPS) is 30.7. The zero-order valence-corrected chi connectivity index (χ0v) is 11.1. The molecule has 1 aromatic rings. The van der Waals surface area contributed by atoms with Crippen LogP contribution >= 0.6 is 0 Å². The molecule has 104 valence electrons. The van der Waals surface area contributed by atoms with Crippen molar-refractivity contribution in [2.45, 2.75) is 63.0 Å². The maximum atomic E-state index is 12.4. The number of carbonyl (C=O) groups excluding carboxylic acids is 1. The largest absolute Gasteiger partial charge is 0.391 e. The average Bonchev–Trinajstić information content (AvgIpc) is 2.89. The molecule has 0 bridgehead atoms. The van der Waals surface area contributed by atoms with Crippen LogP contribution < -0.4 is 5.32 Å². The van der Waals surface area contributed by atoms with Crippen molar-refractivity contribution in [1.82, 2.24) is 15.5 Å². The number of rotatable bonds is 2. The summed E-state index contributed by atoms with van der Waals surface area (Å²) in [6.45, 7) is 0. The minimum atomic E-state index is -0.384. The van der Waals surface area contributed by atoms with Crippen LogP contribution in [0.15, 0.2) is 6.20 Å². The molecule has 0 aliphatic heterocycles. The van der Waals surface area contributed by atoms with Gasteiger partial charge >= 0.3 is 0 Å². The molecule has 1 aromatic heterocycles. The van der Waals surface area contributed by atoms with E-state index in [1.807, 2.05) is 0 Å². The number of hydrogen-bond acceptors (Lipinski definition) is 3. The van der Waals surface area contributed by atoms with Crippen LogP contribution in [0.3, 0.4) is 0 Å². The van der Waals surface area contributed by atoms with Crippen LogP contribution in [0.5, 0.6) is 0 Å². The van der Waals surface area contributed by atoms with Gasteiger partial charge in [-0.2, -0.15) is 5.10 Å². The second-order valence-electron chi connectivity index (χ2n) is 5.72. The highest BCUT2D eigenvalue weighted by Gasteiger charge is 2.31. The summed E-state index contributed by atoms with van der Waals surface area (Å²) in [5, 5.41) is 20.0. The first-order valence-corrected chi connectivity index (χ1v) is 7.26. The number of aromatic amines is 1. The summed E-state index contributed by atoms with van der Waals surface area (Å²) in [6.07, 6.45) is 8.09. The molecule has 5 heteroatoms. The number of fused-ring (bicyclic) bond motifs is 1. The summed E-state index contributed by atoms with van der Waals surface area (Å²) in [5.74, 6) is -0.0510. The molecule has 2 aliphatic carbocycles. The van der Waals surface area contributed by atoms with Crippen LogP contribution in [0.4, 0.5) is 0 Å². The van der Waals surface area contributed by atoms with Crippen molar-refractivity contribution in [3.63, 3.8) is 0 Å². The van der Waals surface area contributed by atoms with E-state index in [4.69, 9.17) is 0 Å². The average molecular weight is 263 g/mol. The SMILES string of the molecule is O=C(NC1CCCCC1O)C1CCCc2[nH]ncc21. The van der Waals surface area contributed by atoms with Crippen LogP contribution in [-0.2, 0) is 11.2 Å². The van der Waals surface area contributed by atoms with Crippen molar-refractivity contribution in [1.29, 1.82) is 0 Å². The van der Waals surface area contributed by atoms with E-state index >= 15 is 0 Å². The maximum Gasteiger partial charge on any atom is 0.227 e. The molecule has 3 unspecified atom stereocenters. The van der Waals surface area contributed by atoms with Gasteiger partial charge in [-0.3, -0.25) is 9.89 Å². The highest BCUT2D eigenvalue weighted by molar-refractivity contribution is 5.84. The molecule has 1 saturated carbocycles. The summed E-state index contributed by atoms with van der Waals surface area (Å²) >= 11 is 0. The Labute approximate surface area is 112 Å². The topological polar surface area (TPSA) is 78.0 Å². The molecule has 19 heavy (non-hydrogen) atoms. The van der Waals surface area contributed by atoms with Crippen molar-refractivity contribution < 1.29 is 9.90 Å². The second kappa shape index (κ2) is 5.33. The zero-order chi connectivity index (χ0) is 13.2. The molecule has 5 nitrogen and oxygen atoms in total. The van der Waals surface area contributed by atoms with E-state index in [9.17, 15) is 9.90 Å². The molecule has 0 saturated heterocycles. The monoisotopic (exact) mass is 263 g/mol. The number of hydrogen-bond donors (Lipinski definition) is 3. The lowest BCUT2D eigenvalue weighted by Gasteiger charge is -2.30. The summed E-state index contributed by atoms with van der Waals surface area (Å²) in [4.78, 5) is 12.4. The molecule has 3 N–H and O–H groups in total. The van der Waals surface area contributed by atoms with Gasteiger partial charge in [-0.05, 0) is 32.1 Å². The van der Waals surface area contributed by atoms with Crippen LogP contribution in [0.25, 0.3) is 0 Å². The van der Waals surface area contributed by atoms with Crippen molar-refractivity contribution in [3.05, 3.63) is 17.5 Å². The summed E-state index contributed by atoms with van der Waals surface area (Å²) in [6, 6.07) is -0.0708. The van der Waals surface area contributed by atoms with E-state index in [1.54, 1.807) is 6.20 Å². The molecule has 3 rings (SSSR count). The van der Waals surface area contributed by atoms with Crippen LogP contribution in [0, 0.1) is 0 Å². The molecule has 0 spiro atoms. The van der Waals surface area contributed by atoms with E-state index in [2.05, 4.69) is 15.5 Å². The first-order chi connectivity index (χ1) is 9.25. The van der Waals surface area contributed by atoms with Gasteiger partial charge in [-0.25, -0.2) is 0 Å². The Morgan fingerprint density at radius 1 is 1.32 bits per heavy atom. The first-order valence-electron chi connectivity index (χ1n) is 7.26. The number of nitrogens with zero attached hydrogens (tertiary/aromatic N) is 1. The number of aryl methyl sites for hydroxylation is 1. The fourth-order valence-electron chi connectivity index (χ4n) is 3.30. The predicted octanol–water partition coefficient (Wildman–Crippen LogP) is 1.25. The van der Waals surface area contributed by atoms with E-state index in [-0.39, 0.29) is 24.0 Å². The van der Waals surface area contributed by atoms with E-state index in [0.717, 1.165) is 56.2 Å². The number of H-pyrrole nitrogens is 1. The third-order valence-corrected chi connectivity index (χ3v) is 4.42. The van der Waals surface area contributed by atoms with Crippen LogP contribution in [0.1, 0.15) is 55.7 Å². The number of aliphatic hydroxyl groups is 1. The molecule has 1 fully saturated rings. The first kappa shape index (κ1) is 12.7. The Balaban J connectivity index is 1.68. The maximum absolute atomic E-state index is 12.4. The Kier molecular flexibility index (Phi) is 3.55. The standard InChI is InChI=1S/C14H21N3O2/c18-13-7-2-1-5-12(13)16-14(19)9-4-3-6-11-10(9)8-15-17-11/h8-9,12-13,18H,1-7H2,(H,15,17)(H,16,19). The summed E-state index contributed by atoms with van der Waals surface area (Å²) in [5.41, 5.74) is 2.13. The lowest BCUT2D eigenvalue weighted by molar-refractivity contribution is -0.124. The van der Waals surface area contributed by atoms with E-state index in [1.165, 1.54) is 0 Å². The fourth-order valence-corrected chi connectivity index (χ4v) is 3.30. The minimum Gasteiger partial charge on any atom is -0.391 e. The number of amides is 1. The predicted molar refractivity (Wildman–Crippen MR) is 70.7 cm³/mol. The highest BCUT2D eigenvalue weighted by Crippen LogP contribution is 2.31. The van der Waals surface area contributed by atoms with Gasteiger partial charge in [-0.15, -0.1) is 0 Å². The highest BCUT2D eigenvalue weighted by atomic mass is 16.3. The van der Waals surface area contributed by atoms with E-state index < -0.39 is 0 Å². The van der Waals surface area contributed by atoms with Gasteiger partial charge in [0.2, 0.25) is 5.91 Å². The lowest BCUT2D eigenvalue weighted by Crippen LogP contribution is -2.47. The number of nitrogens with one attached hydrogen (secondary N) is 2. The van der Waals surface area contributed by atoms with Crippen molar-refractivity contribution in [2.75, 3.05) is 0 Å². The molecular formula is C14H21N3O2. The second-order valence-corrected chi connectivity index (χ2v) is 5.72. The van der Waals surface area contributed by atoms with Gasteiger partial charge in [0.15, 0.2) is 0 Å². The molecule has 3 atom stereocenters. The molecule has 1 heterocycles. The number of aliphatic hydroxyl groups excluding tert-OH is 1. The Morgan fingerprint density at radius 3 is 3.00 bits per heavy atom. The third kappa shape index (κ3) is 2.52. The van der Waals surface area contributed by atoms with Gasteiger partial charge < -0.3 is 10.4 Å². The number of carbonyl (C=O) groups is 1. The van der Waals surface area contributed by atoms with Crippen molar-refractivity contribution >= 4 is 5.91 Å². The smallest absolute Gasteiger partial charge is 0.227 e. The van der Waals surface area contributed by atoms with Gasteiger partial charge in [0.1, 0.15) is 0 Å².